The second-order valence-electron chi connectivity index (χ2n) is 7.82. The maximum absolute atomic E-state index is 11.3. The number of ether oxygens (including phenoxy) is 3. The summed E-state index contributed by atoms with van der Waals surface area (Å²) in [5, 5.41) is 14.0. The summed E-state index contributed by atoms with van der Waals surface area (Å²) in [6, 6.07) is 2.00. The van der Waals surface area contributed by atoms with Gasteiger partial charge < -0.3 is 24.2 Å². The Morgan fingerprint density at radius 3 is 2.93 bits per heavy atom. The monoisotopic (exact) mass is 416 g/mol. The van der Waals surface area contributed by atoms with Gasteiger partial charge >= 0.3 is 6.09 Å². The van der Waals surface area contributed by atoms with E-state index in [4.69, 9.17) is 19.3 Å². The van der Waals surface area contributed by atoms with Crippen molar-refractivity contribution in [2.45, 2.75) is 32.6 Å². The molecule has 1 fully saturated rings. The van der Waals surface area contributed by atoms with Crippen LogP contribution in [0.2, 0.25) is 0 Å². The molecule has 1 atom stereocenters. The van der Waals surface area contributed by atoms with Crippen LogP contribution in [0.3, 0.4) is 0 Å². The molecule has 0 radical (unpaired) electrons. The van der Waals surface area contributed by atoms with Gasteiger partial charge in [-0.05, 0) is 25.8 Å². The maximum atomic E-state index is 11.3. The first-order valence-electron chi connectivity index (χ1n) is 10.4. The maximum Gasteiger partial charge on any atom is 0.407 e. The molecule has 2 aromatic rings. The summed E-state index contributed by atoms with van der Waals surface area (Å²) in [6.07, 6.45) is 4.18. The van der Waals surface area contributed by atoms with Crippen LogP contribution in [0.15, 0.2) is 12.3 Å². The lowest BCUT2D eigenvalue weighted by atomic mass is 9.99. The predicted molar refractivity (Wildman–Crippen MR) is 109 cm³/mol. The molecule has 1 N–H and O–H groups in total. The standard InChI is InChI=1S/C21H28N4O5/c1-14-10-16(11-22-19(14)28-2)25-18-6-9-29-8-5-17(18)20(23-25)30-13-15-4-3-7-24(12-15)21(26)27/h10-11,15H,3-9,12-13H2,1-2H3,(H,26,27). The van der Waals surface area contributed by atoms with Crippen LogP contribution in [0.1, 0.15) is 29.7 Å². The number of hydrogen-bond acceptors (Lipinski definition) is 6. The highest BCUT2D eigenvalue weighted by atomic mass is 16.5. The SMILES string of the molecule is COc1ncc(-n2nc(OCC3CCCN(C(=O)O)C3)c3c2CCOCC3)cc1C. The van der Waals surface area contributed by atoms with Crippen LogP contribution in [0.25, 0.3) is 5.69 Å². The first-order chi connectivity index (χ1) is 14.6. The highest BCUT2D eigenvalue weighted by Crippen LogP contribution is 2.29. The molecule has 30 heavy (non-hydrogen) atoms. The normalized spacial score (nSPS) is 19.1. The van der Waals surface area contributed by atoms with Crippen LogP contribution in [-0.2, 0) is 17.6 Å². The molecule has 1 amide bonds. The lowest BCUT2D eigenvalue weighted by molar-refractivity contribution is 0.103. The molecular formula is C21H28N4O5. The summed E-state index contributed by atoms with van der Waals surface area (Å²) in [6.45, 7) is 4.77. The minimum Gasteiger partial charge on any atom is -0.481 e. The van der Waals surface area contributed by atoms with Crippen molar-refractivity contribution in [1.82, 2.24) is 19.7 Å². The lowest BCUT2D eigenvalue weighted by Gasteiger charge is -2.30. The van der Waals surface area contributed by atoms with Gasteiger partial charge in [-0.25, -0.2) is 14.5 Å². The molecule has 4 rings (SSSR count). The molecule has 0 bridgehead atoms. The van der Waals surface area contributed by atoms with Crippen molar-refractivity contribution in [2.24, 2.45) is 5.92 Å². The van der Waals surface area contributed by atoms with E-state index in [9.17, 15) is 9.90 Å². The number of carbonyl (C=O) groups is 1. The van der Waals surface area contributed by atoms with Crippen molar-refractivity contribution in [2.75, 3.05) is 40.0 Å². The van der Waals surface area contributed by atoms with Crippen LogP contribution in [0.5, 0.6) is 11.8 Å². The Morgan fingerprint density at radius 1 is 1.33 bits per heavy atom. The van der Waals surface area contributed by atoms with Gasteiger partial charge in [0.2, 0.25) is 11.8 Å². The highest BCUT2D eigenvalue weighted by molar-refractivity contribution is 5.65. The Hall–Kier alpha value is -2.81. The molecule has 2 aliphatic rings. The number of amides is 1. The third-order valence-electron chi connectivity index (χ3n) is 5.73. The van der Waals surface area contributed by atoms with E-state index in [1.165, 1.54) is 4.90 Å². The van der Waals surface area contributed by atoms with Gasteiger partial charge in [0.05, 0.1) is 44.5 Å². The fourth-order valence-electron chi connectivity index (χ4n) is 4.19. The number of methoxy groups -OCH3 is 1. The van der Waals surface area contributed by atoms with Crippen molar-refractivity contribution in [1.29, 1.82) is 0 Å². The Morgan fingerprint density at radius 2 is 2.17 bits per heavy atom. The first-order valence-corrected chi connectivity index (χ1v) is 10.4. The summed E-state index contributed by atoms with van der Waals surface area (Å²) in [4.78, 5) is 17.1. The van der Waals surface area contributed by atoms with E-state index >= 15 is 0 Å². The zero-order valence-electron chi connectivity index (χ0n) is 17.5. The third-order valence-corrected chi connectivity index (χ3v) is 5.73. The van der Waals surface area contributed by atoms with Crippen molar-refractivity contribution < 1.29 is 24.1 Å². The Balaban J connectivity index is 1.58. The average molecular weight is 416 g/mol. The van der Waals surface area contributed by atoms with Crippen LogP contribution < -0.4 is 9.47 Å². The van der Waals surface area contributed by atoms with Crippen molar-refractivity contribution >= 4 is 6.09 Å². The second kappa shape index (κ2) is 8.91. The van der Waals surface area contributed by atoms with E-state index in [2.05, 4.69) is 4.98 Å². The van der Waals surface area contributed by atoms with Gasteiger partial charge in [-0.15, -0.1) is 5.10 Å². The number of hydrogen-bond donors (Lipinski definition) is 1. The fourth-order valence-corrected chi connectivity index (χ4v) is 4.19. The lowest BCUT2D eigenvalue weighted by Crippen LogP contribution is -2.40. The van der Waals surface area contributed by atoms with Crippen molar-refractivity contribution in [3.63, 3.8) is 0 Å². The summed E-state index contributed by atoms with van der Waals surface area (Å²) >= 11 is 0. The summed E-state index contributed by atoms with van der Waals surface area (Å²) in [7, 11) is 1.61. The van der Waals surface area contributed by atoms with Gasteiger partial charge in [-0.2, -0.15) is 0 Å². The minimum absolute atomic E-state index is 0.169. The second-order valence-corrected chi connectivity index (χ2v) is 7.82. The van der Waals surface area contributed by atoms with Crippen LogP contribution >= 0.6 is 0 Å². The molecule has 1 saturated heterocycles. The molecule has 4 heterocycles. The number of pyridine rings is 1. The summed E-state index contributed by atoms with van der Waals surface area (Å²) < 4.78 is 19.0. The van der Waals surface area contributed by atoms with Gasteiger partial charge in [0.1, 0.15) is 0 Å². The number of likely N-dealkylation sites (tertiary alicyclic amines) is 1. The number of piperidine rings is 1. The first kappa shape index (κ1) is 20.5. The van der Waals surface area contributed by atoms with Gasteiger partial charge in [-0.3, -0.25) is 0 Å². The third kappa shape index (κ3) is 4.21. The summed E-state index contributed by atoms with van der Waals surface area (Å²) in [5.41, 5.74) is 3.93. The average Bonchev–Trinajstić information content (AvgIpc) is 2.92. The minimum atomic E-state index is -0.864. The predicted octanol–water partition coefficient (Wildman–Crippen LogP) is 2.47. The van der Waals surface area contributed by atoms with E-state index < -0.39 is 6.09 Å². The Bertz CT molecular complexity index is 913. The van der Waals surface area contributed by atoms with Crippen molar-refractivity contribution in [3.05, 3.63) is 29.1 Å². The number of carboxylic acid groups (broad SMARTS) is 1. The van der Waals surface area contributed by atoms with Crippen LogP contribution in [0.4, 0.5) is 4.79 Å². The molecule has 2 aliphatic heterocycles. The van der Waals surface area contributed by atoms with Gasteiger partial charge in [0.25, 0.3) is 0 Å². The number of aromatic nitrogens is 3. The Kier molecular flexibility index (Phi) is 6.08. The van der Waals surface area contributed by atoms with Crippen LogP contribution in [-0.4, -0.2) is 70.9 Å². The summed E-state index contributed by atoms with van der Waals surface area (Å²) in [5.74, 6) is 1.37. The van der Waals surface area contributed by atoms with Crippen molar-refractivity contribution in [3.8, 4) is 17.4 Å². The van der Waals surface area contributed by atoms with E-state index in [1.807, 2.05) is 17.7 Å². The molecule has 9 heteroatoms. The van der Waals surface area contributed by atoms with E-state index in [0.29, 0.717) is 44.7 Å². The van der Waals surface area contributed by atoms with Gasteiger partial charge in [-0.1, -0.05) is 0 Å². The quantitative estimate of drug-likeness (QED) is 0.799. The fraction of sp³-hybridized carbons (Fsp3) is 0.571. The molecule has 9 nitrogen and oxygen atoms in total. The zero-order chi connectivity index (χ0) is 21.1. The van der Waals surface area contributed by atoms with E-state index in [0.717, 1.165) is 48.2 Å². The molecular weight excluding hydrogens is 388 g/mol. The Labute approximate surface area is 175 Å². The number of nitrogens with zero attached hydrogens (tertiary/aromatic N) is 4. The number of rotatable bonds is 5. The molecule has 1 unspecified atom stereocenters. The molecule has 0 aromatic carbocycles. The molecule has 2 aromatic heterocycles. The molecule has 0 saturated carbocycles. The van der Waals surface area contributed by atoms with Gasteiger partial charge in [0.15, 0.2) is 0 Å². The largest absolute Gasteiger partial charge is 0.481 e. The zero-order valence-corrected chi connectivity index (χ0v) is 17.5. The molecule has 0 aliphatic carbocycles. The number of fused-ring (bicyclic) bond motifs is 1. The number of aryl methyl sites for hydroxylation is 1. The molecule has 162 valence electrons. The van der Waals surface area contributed by atoms with Gasteiger partial charge in [0, 0.05) is 43.0 Å². The molecule has 0 spiro atoms. The smallest absolute Gasteiger partial charge is 0.407 e. The van der Waals surface area contributed by atoms with E-state index in [1.54, 1.807) is 13.3 Å². The topological polar surface area (TPSA) is 98.9 Å². The van der Waals surface area contributed by atoms with Crippen LogP contribution in [0, 0.1) is 12.8 Å². The highest BCUT2D eigenvalue weighted by Gasteiger charge is 2.26. The van der Waals surface area contributed by atoms with E-state index in [-0.39, 0.29) is 5.92 Å².